The van der Waals surface area contributed by atoms with E-state index in [1.165, 1.54) is 10.6 Å². The van der Waals surface area contributed by atoms with Crippen LogP contribution in [0.25, 0.3) is 5.82 Å². The van der Waals surface area contributed by atoms with Gasteiger partial charge < -0.3 is 15.7 Å². The molecule has 3 atom stereocenters. The molecule has 5 rings (SSSR count). The summed E-state index contributed by atoms with van der Waals surface area (Å²) in [7, 11) is 1.60. The molecule has 4 N–H and O–H groups in total. The van der Waals surface area contributed by atoms with Gasteiger partial charge in [0.2, 0.25) is 5.62 Å². The molecule has 2 aromatic carbocycles. The number of fused-ring (bicyclic) bond motifs is 3. The number of aliphatic hydroxyl groups excluding tert-OH is 1. The fraction of sp³-hybridized carbons (Fsp3) is 0.346. The van der Waals surface area contributed by atoms with Crippen LogP contribution < -0.4 is 32.5 Å². The minimum atomic E-state index is -5.00. The molecule has 1 unspecified atom stereocenters. The lowest BCUT2D eigenvalue weighted by atomic mass is 10.1. The molecule has 1 aliphatic carbocycles. The number of halogens is 4. The molecule has 12 heteroatoms. The van der Waals surface area contributed by atoms with Gasteiger partial charge in [0.05, 0.1) is 12.1 Å². The van der Waals surface area contributed by atoms with Crippen molar-refractivity contribution >= 4 is 11.5 Å². The fourth-order valence-electron chi connectivity index (χ4n) is 5.08. The highest BCUT2D eigenvalue weighted by atomic mass is 19.4. The predicted molar refractivity (Wildman–Crippen MR) is 131 cm³/mol. The van der Waals surface area contributed by atoms with Crippen LogP contribution in [0.5, 0.6) is 0 Å². The standard InChI is InChI=1S/C26H26F4N6O2/c1-35-24(38)20(22(31)36-19-9-5-8-18(19)34-25(35)36)23(33-15-6-3-2-4-7-15)32-13-14-10-11-16(17(27)12-14)21(37)26(28,29)30/h2-4,6-7,10-12,18-19,21,31-33,37H,5,8-9,13H2,1H3/b23-20-,31-22?/t18-,19+,21?/m1/s1. The Hall–Kier alpha value is -3.93. The maximum absolute atomic E-state index is 14.5. The van der Waals surface area contributed by atoms with Crippen molar-refractivity contribution in [3.05, 3.63) is 92.2 Å². The number of para-hydroxylation sites is 1. The molecule has 1 aliphatic heterocycles. The molecule has 200 valence electrons. The lowest BCUT2D eigenvalue weighted by Crippen LogP contribution is -2.59. The molecule has 0 spiro atoms. The van der Waals surface area contributed by atoms with Gasteiger partial charge in [0.1, 0.15) is 22.3 Å². The van der Waals surface area contributed by atoms with E-state index in [0.717, 1.165) is 31.4 Å². The third-order valence-corrected chi connectivity index (χ3v) is 7.00. The molecular formula is C26H26F4N6O2. The molecule has 8 nitrogen and oxygen atoms in total. The molecule has 2 aliphatic rings. The second kappa shape index (κ2) is 9.75. The topological polar surface area (TPSA) is 107 Å². The highest BCUT2D eigenvalue weighted by Crippen LogP contribution is 2.34. The van der Waals surface area contributed by atoms with Crippen molar-refractivity contribution in [2.45, 2.75) is 50.2 Å². The number of benzene rings is 2. The van der Waals surface area contributed by atoms with E-state index in [-0.39, 0.29) is 40.7 Å². The van der Waals surface area contributed by atoms with Crippen molar-refractivity contribution in [1.82, 2.24) is 14.5 Å². The summed E-state index contributed by atoms with van der Waals surface area (Å²) in [6.07, 6.45) is -5.23. The molecule has 1 saturated carbocycles. The minimum absolute atomic E-state index is 0.0114. The van der Waals surface area contributed by atoms with Gasteiger partial charge in [0, 0.05) is 24.8 Å². The van der Waals surface area contributed by atoms with Crippen LogP contribution in [-0.2, 0) is 13.6 Å². The van der Waals surface area contributed by atoms with Crippen LogP contribution in [0.2, 0.25) is 0 Å². The minimum Gasteiger partial charge on any atom is -0.379 e. The highest BCUT2D eigenvalue weighted by Gasteiger charge is 2.40. The summed E-state index contributed by atoms with van der Waals surface area (Å²) in [5, 5.41) is 24.6. The van der Waals surface area contributed by atoms with Gasteiger partial charge in [0.15, 0.2) is 6.10 Å². The van der Waals surface area contributed by atoms with Crippen LogP contribution in [0, 0.1) is 11.2 Å². The van der Waals surface area contributed by atoms with Crippen LogP contribution in [0.4, 0.5) is 23.2 Å². The average Bonchev–Trinajstić information content (AvgIpc) is 3.47. The maximum Gasteiger partial charge on any atom is 0.418 e. The van der Waals surface area contributed by atoms with Gasteiger partial charge in [-0.25, -0.2) is 9.38 Å². The Morgan fingerprint density at radius 2 is 1.95 bits per heavy atom. The second-order valence-electron chi connectivity index (χ2n) is 9.47. The van der Waals surface area contributed by atoms with Crippen LogP contribution >= 0.6 is 0 Å². The normalized spacial score (nSPS) is 19.8. The Kier molecular flexibility index (Phi) is 6.59. The number of nitrogens with one attached hydrogen (secondary N) is 3. The zero-order valence-electron chi connectivity index (χ0n) is 20.4. The number of nitrogens with zero attached hydrogens (tertiary/aromatic N) is 3. The number of anilines is 1. The lowest BCUT2D eigenvalue weighted by molar-refractivity contribution is -0.207. The molecule has 0 amide bonds. The Balaban J connectivity index is 1.58. The van der Waals surface area contributed by atoms with Gasteiger partial charge >= 0.3 is 6.18 Å². The Morgan fingerprint density at radius 3 is 2.63 bits per heavy atom. The maximum atomic E-state index is 14.5. The molecule has 1 fully saturated rings. The third-order valence-electron chi connectivity index (χ3n) is 7.00. The zero-order valence-corrected chi connectivity index (χ0v) is 20.4. The summed E-state index contributed by atoms with van der Waals surface area (Å²) in [5.74, 6) is -1.01. The van der Waals surface area contributed by atoms with E-state index in [1.807, 2.05) is 6.07 Å². The van der Waals surface area contributed by atoms with Gasteiger partial charge in [-0.15, -0.1) is 0 Å². The number of aromatic nitrogens is 2. The van der Waals surface area contributed by atoms with E-state index in [4.69, 9.17) is 5.41 Å². The van der Waals surface area contributed by atoms with E-state index in [2.05, 4.69) is 15.6 Å². The molecule has 0 saturated heterocycles. The van der Waals surface area contributed by atoms with E-state index in [9.17, 15) is 27.5 Å². The van der Waals surface area contributed by atoms with E-state index in [1.54, 1.807) is 35.9 Å². The number of alkyl halides is 3. The summed E-state index contributed by atoms with van der Waals surface area (Å²) in [6, 6.07) is 12.0. The predicted octanol–water partition coefficient (Wildman–Crippen LogP) is 2.10. The third kappa shape index (κ3) is 4.60. The van der Waals surface area contributed by atoms with Crippen molar-refractivity contribution in [1.29, 1.82) is 5.41 Å². The summed E-state index contributed by atoms with van der Waals surface area (Å²) in [4.78, 5) is 18.1. The fourth-order valence-corrected chi connectivity index (χ4v) is 5.08. The first-order chi connectivity index (χ1) is 18.1. The van der Waals surface area contributed by atoms with Crippen molar-refractivity contribution in [3.63, 3.8) is 0 Å². The van der Waals surface area contributed by atoms with Crippen LogP contribution in [-0.4, -0.2) is 26.5 Å². The molecule has 38 heavy (non-hydrogen) atoms. The summed E-state index contributed by atoms with van der Waals surface area (Å²) < 4.78 is 56.2. The van der Waals surface area contributed by atoms with Crippen LogP contribution in [0.15, 0.2) is 58.3 Å². The van der Waals surface area contributed by atoms with E-state index >= 15 is 0 Å². The molecule has 2 heterocycles. The van der Waals surface area contributed by atoms with Gasteiger partial charge in [-0.1, -0.05) is 30.3 Å². The summed E-state index contributed by atoms with van der Waals surface area (Å²) in [6.45, 7) is -0.0742. The van der Waals surface area contributed by atoms with Crippen molar-refractivity contribution < 1.29 is 22.7 Å². The first kappa shape index (κ1) is 25.7. The number of rotatable bonds is 6. The number of aliphatic hydroxyl groups is 1. The quantitative estimate of drug-likeness (QED) is 0.366. The molecule has 3 aromatic rings. The molecular weight excluding hydrogens is 504 g/mol. The van der Waals surface area contributed by atoms with E-state index < -0.39 is 29.2 Å². The van der Waals surface area contributed by atoms with Gasteiger partial charge in [-0.2, -0.15) is 13.2 Å². The van der Waals surface area contributed by atoms with Gasteiger partial charge in [-0.3, -0.25) is 19.3 Å². The summed E-state index contributed by atoms with van der Waals surface area (Å²) >= 11 is 0. The monoisotopic (exact) mass is 530 g/mol. The second-order valence-corrected chi connectivity index (χ2v) is 9.47. The van der Waals surface area contributed by atoms with Crippen molar-refractivity contribution in [2.24, 2.45) is 12.0 Å². The van der Waals surface area contributed by atoms with Crippen LogP contribution in [0.1, 0.15) is 42.5 Å². The van der Waals surface area contributed by atoms with Gasteiger partial charge in [0.25, 0.3) is 5.56 Å². The van der Waals surface area contributed by atoms with Crippen molar-refractivity contribution in [2.75, 3.05) is 5.32 Å². The average molecular weight is 531 g/mol. The highest BCUT2D eigenvalue weighted by molar-refractivity contribution is 5.62. The number of hydrogen-bond donors (Lipinski definition) is 4. The smallest absolute Gasteiger partial charge is 0.379 e. The van der Waals surface area contributed by atoms with Crippen LogP contribution in [0.3, 0.4) is 0 Å². The van der Waals surface area contributed by atoms with Crippen molar-refractivity contribution in [3.8, 4) is 0 Å². The Bertz CT molecular complexity index is 1610. The first-order valence-corrected chi connectivity index (χ1v) is 12.1. The molecule has 0 bridgehead atoms. The SMILES string of the molecule is Cn1c(=O)/c(=C(/NCc2ccc(C(O)C(F)(F)F)c(F)c2)Nc2ccccc2)c(=N)n2c1=N[C@@H]1CCC[C@@H]12. The number of hydrogen-bond acceptors (Lipinski definition) is 6. The molecule has 1 aromatic heterocycles. The largest absolute Gasteiger partial charge is 0.418 e. The lowest BCUT2D eigenvalue weighted by Gasteiger charge is -2.18. The summed E-state index contributed by atoms with van der Waals surface area (Å²) in [5.41, 5.74) is 0.00224. The Morgan fingerprint density at radius 1 is 1.21 bits per heavy atom. The van der Waals surface area contributed by atoms with E-state index in [0.29, 0.717) is 11.3 Å². The zero-order chi connectivity index (χ0) is 27.2. The van der Waals surface area contributed by atoms with Gasteiger partial charge in [-0.05, 0) is 43.0 Å². The Labute approximate surface area is 214 Å². The molecule has 0 radical (unpaired) electrons. The first-order valence-electron chi connectivity index (χ1n) is 12.1.